The van der Waals surface area contributed by atoms with E-state index in [2.05, 4.69) is 21.9 Å². The third-order valence-corrected chi connectivity index (χ3v) is 1.27. The molecule has 0 aliphatic heterocycles. The SMILES string of the molecule is C=CCOC(CCC)=NOC(=O)NC. The molecule has 0 radical (unpaired) electrons. The van der Waals surface area contributed by atoms with Crippen LogP contribution in [0, 0.1) is 0 Å². The molecule has 1 amide bonds. The van der Waals surface area contributed by atoms with Crippen LogP contribution in [0.4, 0.5) is 4.79 Å². The van der Waals surface area contributed by atoms with E-state index in [9.17, 15) is 4.79 Å². The Morgan fingerprint density at radius 1 is 1.64 bits per heavy atom. The smallest absolute Gasteiger partial charge is 0.433 e. The molecule has 0 aromatic rings. The summed E-state index contributed by atoms with van der Waals surface area (Å²) in [6.45, 7) is 5.84. The van der Waals surface area contributed by atoms with Crippen LogP contribution in [0.3, 0.4) is 0 Å². The van der Waals surface area contributed by atoms with Gasteiger partial charge in [0.25, 0.3) is 0 Å². The molecule has 0 unspecified atom stereocenters. The topological polar surface area (TPSA) is 59.9 Å². The average Bonchev–Trinajstić information content (AvgIpc) is 2.21. The maximum Gasteiger partial charge on any atom is 0.433 e. The minimum atomic E-state index is -0.610. The van der Waals surface area contributed by atoms with Crippen LogP contribution in [-0.4, -0.2) is 25.6 Å². The van der Waals surface area contributed by atoms with Crippen molar-refractivity contribution in [3.63, 3.8) is 0 Å². The van der Waals surface area contributed by atoms with Crippen molar-refractivity contribution in [2.24, 2.45) is 5.16 Å². The second-order valence-corrected chi connectivity index (χ2v) is 2.46. The predicted octanol–water partition coefficient (Wildman–Crippen LogP) is 1.66. The lowest BCUT2D eigenvalue weighted by Gasteiger charge is -2.04. The fraction of sp³-hybridized carbons (Fsp3) is 0.556. The summed E-state index contributed by atoms with van der Waals surface area (Å²) in [5.74, 6) is 0.399. The van der Waals surface area contributed by atoms with Gasteiger partial charge in [-0.15, -0.1) is 0 Å². The lowest BCUT2D eigenvalue weighted by atomic mass is 10.3. The van der Waals surface area contributed by atoms with Crippen LogP contribution in [0.2, 0.25) is 0 Å². The van der Waals surface area contributed by atoms with Gasteiger partial charge >= 0.3 is 6.09 Å². The molecule has 0 saturated heterocycles. The van der Waals surface area contributed by atoms with Gasteiger partial charge in [0.1, 0.15) is 6.61 Å². The van der Waals surface area contributed by atoms with Crippen LogP contribution in [0.15, 0.2) is 17.8 Å². The molecule has 0 rings (SSSR count). The van der Waals surface area contributed by atoms with Crippen molar-refractivity contribution >= 4 is 12.0 Å². The molecule has 80 valence electrons. The van der Waals surface area contributed by atoms with Crippen LogP contribution in [-0.2, 0) is 9.57 Å². The molecule has 1 N–H and O–H groups in total. The van der Waals surface area contributed by atoms with Crippen molar-refractivity contribution < 1.29 is 14.4 Å². The van der Waals surface area contributed by atoms with E-state index in [1.807, 2.05) is 6.92 Å². The fourth-order valence-corrected chi connectivity index (χ4v) is 0.651. The Kier molecular flexibility index (Phi) is 7.22. The van der Waals surface area contributed by atoms with E-state index in [0.717, 1.165) is 6.42 Å². The molecule has 0 saturated carbocycles. The minimum absolute atomic E-state index is 0.357. The van der Waals surface area contributed by atoms with Gasteiger partial charge in [-0.3, -0.25) is 4.84 Å². The number of nitrogens with one attached hydrogen (secondary N) is 1. The van der Waals surface area contributed by atoms with Gasteiger partial charge < -0.3 is 10.1 Å². The molecule has 0 bridgehead atoms. The first-order valence-corrected chi connectivity index (χ1v) is 4.43. The first-order valence-electron chi connectivity index (χ1n) is 4.43. The fourth-order valence-electron chi connectivity index (χ4n) is 0.651. The highest BCUT2D eigenvalue weighted by Gasteiger charge is 2.01. The highest BCUT2D eigenvalue weighted by molar-refractivity contribution is 5.77. The monoisotopic (exact) mass is 200 g/mol. The summed E-state index contributed by atoms with van der Waals surface area (Å²) in [5, 5.41) is 5.83. The molecule has 0 aromatic carbocycles. The molecule has 5 heteroatoms. The molecule has 5 nitrogen and oxygen atoms in total. The Bertz CT molecular complexity index is 214. The molecule has 0 aromatic heterocycles. The van der Waals surface area contributed by atoms with Crippen LogP contribution < -0.4 is 5.32 Å². The number of hydrogen-bond acceptors (Lipinski definition) is 4. The van der Waals surface area contributed by atoms with E-state index in [1.54, 1.807) is 6.08 Å². The summed E-state index contributed by atoms with van der Waals surface area (Å²) >= 11 is 0. The summed E-state index contributed by atoms with van der Waals surface area (Å²) in [6.07, 6.45) is 2.49. The highest BCUT2D eigenvalue weighted by Crippen LogP contribution is 1.96. The Labute approximate surface area is 83.8 Å². The van der Waals surface area contributed by atoms with Crippen molar-refractivity contribution in [3.8, 4) is 0 Å². The summed E-state index contributed by atoms with van der Waals surface area (Å²) in [6, 6.07) is 0. The third kappa shape index (κ3) is 6.05. The predicted molar refractivity (Wildman–Crippen MR) is 54.0 cm³/mol. The second-order valence-electron chi connectivity index (χ2n) is 2.46. The quantitative estimate of drug-likeness (QED) is 0.241. The first kappa shape index (κ1) is 12.5. The van der Waals surface area contributed by atoms with Crippen molar-refractivity contribution in [3.05, 3.63) is 12.7 Å². The lowest BCUT2D eigenvalue weighted by Crippen LogP contribution is -2.18. The van der Waals surface area contributed by atoms with Gasteiger partial charge in [0.05, 0.1) is 0 Å². The summed E-state index contributed by atoms with van der Waals surface area (Å²) in [7, 11) is 1.46. The molecule has 0 aliphatic rings. The number of carbonyl (C=O) groups excluding carboxylic acids is 1. The first-order chi connectivity index (χ1) is 6.74. The van der Waals surface area contributed by atoms with Gasteiger partial charge in [-0.05, 0) is 11.6 Å². The molecular formula is C9H16N2O3. The van der Waals surface area contributed by atoms with Gasteiger partial charge in [-0.2, -0.15) is 0 Å². The lowest BCUT2D eigenvalue weighted by molar-refractivity contribution is 0.147. The second kappa shape index (κ2) is 8.10. The maximum atomic E-state index is 10.7. The Morgan fingerprint density at radius 3 is 2.86 bits per heavy atom. The van der Waals surface area contributed by atoms with Crippen LogP contribution in [0.25, 0.3) is 0 Å². The number of amides is 1. The van der Waals surface area contributed by atoms with Gasteiger partial charge in [-0.1, -0.05) is 19.6 Å². The van der Waals surface area contributed by atoms with Crippen molar-refractivity contribution in [1.82, 2.24) is 5.32 Å². The van der Waals surface area contributed by atoms with Crippen LogP contribution >= 0.6 is 0 Å². The van der Waals surface area contributed by atoms with Crippen molar-refractivity contribution in [2.45, 2.75) is 19.8 Å². The van der Waals surface area contributed by atoms with E-state index < -0.39 is 6.09 Å². The molecule has 0 aliphatic carbocycles. The number of nitrogens with zero attached hydrogens (tertiary/aromatic N) is 1. The van der Waals surface area contributed by atoms with Gasteiger partial charge in [0.2, 0.25) is 5.90 Å². The zero-order valence-electron chi connectivity index (χ0n) is 8.58. The molecular weight excluding hydrogens is 184 g/mol. The van der Waals surface area contributed by atoms with Crippen molar-refractivity contribution in [2.75, 3.05) is 13.7 Å². The molecule has 0 heterocycles. The van der Waals surface area contributed by atoms with Gasteiger partial charge in [0.15, 0.2) is 0 Å². The van der Waals surface area contributed by atoms with E-state index in [1.165, 1.54) is 7.05 Å². The maximum absolute atomic E-state index is 10.7. The number of rotatable bonds is 5. The zero-order valence-corrected chi connectivity index (χ0v) is 8.58. The van der Waals surface area contributed by atoms with Crippen LogP contribution in [0.1, 0.15) is 19.8 Å². The third-order valence-electron chi connectivity index (χ3n) is 1.27. The molecule has 0 atom stereocenters. The zero-order chi connectivity index (χ0) is 10.8. The summed E-state index contributed by atoms with van der Waals surface area (Å²) < 4.78 is 5.15. The summed E-state index contributed by atoms with van der Waals surface area (Å²) in [5.41, 5.74) is 0. The Hall–Kier alpha value is -1.52. The van der Waals surface area contributed by atoms with Crippen molar-refractivity contribution in [1.29, 1.82) is 0 Å². The molecule has 0 spiro atoms. The van der Waals surface area contributed by atoms with Crippen LogP contribution in [0.5, 0.6) is 0 Å². The highest BCUT2D eigenvalue weighted by atomic mass is 16.7. The molecule has 0 fully saturated rings. The van der Waals surface area contributed by atoms with E-state index in [4.69, 9.17) is 4.74 Å². The number of carbonyl (C=O) groups is 1. The average molecular weight is 200 g/mol. The largest absolute Gasteiger partial charge is 0.474 e. The number of hydrogen-bond donors (Lipinski definition) is 1. The van der Waals surface area contributed by atoms with Gasteiger partial charge in [-0.25, -0.2) is 4.79 Å². The normalized spacial score (nSPS) is 10.6. The standard InChI is InChI=1S/C9H16N2O3/c1-4-6-8(13-7-5-2)11-14-9(12)10-3/h5H,2,4,6-7H2,1,3H3,(H,10,12). The van der Waals surface area contributed by atoms with Gasteiger partial charge in [0, 0.05) is 13.5 Å². The Balaban J connectivity index is 4.02. The van der Waals surface area contributed by atoms with E-state index in [-0.39, 0.29) is 0 Å². The Morgan fingerprint density at radius 2 is 2.36 bits per heavy atom. The van der Waals surface area contributed by atoms with E-state index >= 15 is 0 Å². The summed E-state index contributed by atoms with van der Waals surface area (Å²) in [4.78, 5) is 15.2. The van der Waals surface area contributed by atoms with E-state index in [0.29, 0.717) is 18.9 Å². The molecule has 14 heavy (non-hydrogen) atoms. The minimum Gasteiger partial charge on any atom is -0.474 e. The number of ether oxygens (including phenoxy) is 1. The number of oxime groups is 1.